The first-order valence-corrected chi connectivity index (χ1v) is 14.3. The van der Waals surface area contributed by atoms with E-state index in [1.54, 1.807) is 14.7 Å². The number of carbonyl (C=O) groups is 1. The van der Waals surface area contributed by atoms with Crippen LogP contribution in [0, 0.1) is 11.8 Å². The van der Waals surface area contributed by atoms with Crippen molar-refractivity contribution >= 4 is 16.1 Å². The number of aromatic nitrogens is 1. The molecule has 5 aliphatic rings. The van der Waals surface area contributed by atoms with E-state index in [4.69, 9.17) is 14.4 Å². The van der Waals surface area contributed by atoms with Crippen LogP contribution in [0.5, 0.6) is 0 Å². The van der Waals surface area contributed by atoms with E-state index in [0.717, 1.165) is 25.7 Å². The number of aliphatic hydroxyl groups is 1. The van der Waals surface area contributed by atoms with E-state index in [2.05, 4.69) is 15.8 Å². The van der Waals surface area contributed by atoms with Crippen LogP contribution in [0.1, 0.15) is 60.7 Å². The molecule has 194 valence electrons. The highest BCUT2D eigenvalue weighted by Crippen LogP contribution is 2.43. The van der Waals surface area contributed by atoms with Crippen molar-refractivity contribution in [1.29, 1.82) is 0 Å². The topological polar surface area (TPSA) is 137 Å². The Balaban J connectivity index is 1.05. The van der Waals surface area contributed by atoms with E-state index in [-0.39, 0.29) is 42.3 Å². The van der Waals surface area contributed by atoms with Crippen LogP contribution < -0.4 is 10.6 Å². The van der Waals surface area contributed by atoms with Crippen LogP contribution in [-0.2, 0) is 14.9 Å². The fourth-order valence-corrected chi connectivity index (χ4v) is 9.05. The molecular formula is C23H35N5O6S. The van der Waals surface area contributed by atoms with Gasteiger partial charge in [-0.15, -0.1) is 0 Å². The summed E-state index contributed by atoms with van der Waals surface area (Å²) in [6, 6.07) is 1.83. The van der Waals surface area contributed by atoms with Crippen LogP contribution in [0.4, 0.5) is 0 Å². The molecule has 0 aromatic carbocycles. The lowest BCUT2D eigenvalue weighted by atomic mass is 9.99. The summed E-state index contributed by atoms with van der Waals surface area (Å²) in [7, 11) is -3.53. The quantitative estimate of drug-likeness (QED) is 0.447. The number of carbonyl (C=O) groups excluding carboxylic acids is 1. The van der Waals surface area contributed by atoms with E-state index in [1.165, 1.54) is 0 Å². The molecule has 11 nitrogen and oxygen atoms in total. The first-order chi connectivity index (χ1) is 16.9. The summed E-state index contributed by atoms with van der Waals surface area (Å²) in [6.07, 6.45) is 4.84. The molecule has 0 radical (unpaired) electrons. The second-order valence-electron chi connectivity index (χ2n) is 10.9. The Morgan fingerprint density at radius 2 is 1.77 bits per heavy atom. The SMILES string of the molecule is O=C(NC1CC2CCC(C1)N2S(=O)(=O)N1C[C@H]2CC(NCCO)C[C@H]2C1)c1cc(C2COC2)on1. The van der Waals surface area contributed by atoms with Gasteiger partial charge in [-0.3, -0.25) is 4.79 Å². The number of piperidine rings is 1. The number of fused-ring (bicyclic) bond motifs is 3. The Hall–Kier alpha value is -1.57. The molecule has 12 heteroatoms. The minimum Gasteiger partial charge on any atom is -0.395 e. The Morgan fingerprint density at radius 3 is 2.37 bits per heavy atom. The molecule has 5 atom stereocenters. The molecule has 4 aliphatic heterocycles. The van der Waals surface area contributed by atoms with Gasteiger partial charge < -0.3 is 25.0 Å². The number of aliphatic hydroxyl groups excluding tert-OH is 1. The summed E-state index contributed by atoms with van der Waals surface area (Å²) in [5, 5.41) is 19.4. The second kappa shape index (κ2) is 9.38. The predicted molar refractivity (Wildman–Crippen MR) is 125 cm³/mol. The molecule has 1 aliphatic carbocycles. The Labute approximate surface area is 205 Å². The molecule has 1 aromatic heterocycles. The third-order valence-electron chi connectivity index (χ3n) is 8.66. The molecule has 2 bridgehead atoms. The average molecular weight is 510 g/mol. The zero-order valence-electron chi connectivity index (χ0n) is 19.8. The van der Waals surface area contributed by atoms with Crippen molar-refractivity contribution in [3.8, 4) is 0 Å². The highest BCUT2D eigenvalue weighted by atomic mass is 32.2. The zero-order valence-corrected chi connectivity index (χ0v) is 20.7. The maximum atomic E-state index is 13.7. The van der Waals surface area contributed by atoms with Crippen molar-refractivity contribution in [1.82, 2.24) is 24.4 Å². The summed E-state index contributed by atoms with van der Waals surface area (Å²) >= 11 is 0. The van der Waals surface area contributed by atoms with Gasteiger partial charge in [0, 0.05) is 49.9 Å². The van der Waals surface area contributed by atoms with E-state index in [0.29, 0.717) is 69.3 Å². The highest BCUT2D eigenvalue weighted by molar-refractivity contribution is 7.86. The Kier molecular flexibility index (Phi) is 6.38. The summed E-state index contributed by atoms with van der Waals surface area (Å²) in [5.41, 5.74) is 0.268. The van der Waals surface area contributed by atoms with E-state index >= 15 is 0 Å². The molecular weight excluding hydrogens is 474 g/mol. The van der Waals surface area contributed by atoms with Gasteiger partial charge in [0.1, 0.15) is 5.76 Å². The van der Waals surface area contributed by atoms with Crippen molar-refractivity contribution in [2.45, 2.75) is 68.6 Å². The minimum absolute atomic E-state index is 0.0741. The van der Waals surface area contributed by atoms with Crippen molar-refractivity contribution in [3.05, 3.63) is 17.5 Å². The van der Waals surface area contributed by atoms with Crippen LogP contribution in [-0.4, -0.2) is 96.8 Å². The first kappa shape index (κ1) is 23.8. The van der Waals surface area contributed by atoms with Crippen molar-refractivity contribution in [3.63, 3.8) is 0 Å². The van der Waals surface area contributed by atoms with Gasteiger partial charge in [0.05, 0.1) is 25.7 Å². The number of ether oxygens (including phenoxy) is 1. The van der Waals surface area contributed by atoms with E-state index in [9.17, 15) is 13.2 Å². The molecule has 6 rings (SSSR count). The highest BCUT2D eigenvalue weighted by Gasteiger charge is 2.52. The molecule has 5 heterocycles. The lowest BCUT2D eigenvalue weighted by Gasteiger charge is -2.40. The molecule has 1 saturated carbocycles. The monoisotopic (exact) mass is 509 g/mol. The average Bonchev–Trinajstić information content (AvgIpc) is 3.54. The molecule has 1 amide bonds. The third-order valence-corrected chi connectivity index (χ3v) is 10.7. The predicted octanol–water partition coefficient (Wildman–Crippen LogP) is 0.0507. The molecule has 0 spiro atoms. The largest absolute Gasteiger partial charge is 0.395 e. The van der Waals surface area contributed by atoms with E-state index < -0.39 is 10.2 Å². The van der Waals surface area contributed by atoms with Crippen LogP contribution in [0.25, 0.3) is 0 Å². The van der Waals surface area contributed by atoms with Crippen LogP contribution in [0.15, 0.2) is 10.6 Å². The Morgan fingerprint density at radius 1 is 1.09 bits per heavy atom. The number of nitrogens with zero attached hydrogens (tertiary/aromatic N) is 3. The van der Waals surface area contributed by atoms with Crippen molar-refractivity contribution in [2.24, 2.45) is 11.8 Å². The minimum atomic E-state index is -3.53. The molecule has 5 fully saturated rings. The third kappa shape index (κ3) is 4.42. The van der Waals surface area contributed by atoms with Gasteiger partial charge >= 0.3 is 0 Å². The van der Waals surface area contributed by atoms with Gasteiger partial charge in [-0.25, -0.2) is 0 Å². The summed E-state index contributed by atoms with van der Waals surface area (Å²) < 4.78 is 41.3. The van der Waals surface area contributed by atoms with Gasteiger partial charge in [-0.1, -0.05) is 5.16 Å². The first-order valence-electron chi connectivity index (χ1n) is 12.9. The van der Waals surface area contributed by atoms with Gasteiger partial charge in [0.25, 0.3) is 16.1 Å². The van der Waals surface area contributed by atoms with Gasteiger partial charge in [-0.2, -0.15) is 17.0 Å². The molecule has 3 N–H and O–H groups in total. The zero-order chi connectivity index (χ0) is 24.2. The fraction of sp³-hybridized carbons (Fsp3) is 0.826. The number of amides is 1. The van der Waals surface area contributed by atoms with Gasteiger partial charge in [-0.05, 0) is 50.4 Å². The molecule has 4 saturated heterocycles. The van der Waals surface area contributed by atoms with Gasteiger partial charge in [0.2, 0.25) is 0 Å². The molecule has 3 unspecified atom stereocenters. The lowest BCUT2D eigenvalue weighted by molar-refractivity contribution is -0.00228. The maximum Gasteiger partial charge on any atom is 0.282 e. The summed E-state index contributed by atoms with van der Waals surface area (Å²) in [4.78, 5) is 12.8. The molecule has 35 heavy (non-hydrogen) atoms. The maximum absolute atomic E-state index is 13.7. The van der Waals surface area contributed by atoms with Crippen LogP contribution in [0.3, 0.4) is 0 Å². The fourth-order valence-electron chi connectivity index (χ4n) is 6.89. The number of hydrogen-bond acceptors (Lipinski definition) is 8. The van der Waals surface area contributed by atoms with Crippen molar-refractivity contribution < 1.29 is 27.6 Å². The van der Waals surface area contributed by atoms with Crippen LogP contribution in [0.2, 0.25) is 0 Å². The lowest BCUT2D eigenvalue weighted by Crippen LogP contribution is -2.55. The van der Waals surface area contributed by atoms with E-state index in [1.807, 2.05) is 0 Å². The summed E-state index contributed by atoms with van der Waals surface area (Å²) in [6.45, 7) is 3.07. The number of hydrogen-bond donors (Lipinski definition) is 3. The summed E-state index contributed by atoms with van der Waals surface area (Å²) in [5.74, 6) is 1.34. The Bertz CT molecular complexity index is 1020. The number of nitrogens with one attached hydrogen (secondary N) is 2. The smallest absolute Gasteiger partial charge is 0.282 e. The number of rotatable bonds is 8. The standard InChI is InChI=1S/C23H35N5O6S/c29-4-3-24-17-5-14-10-27(11-15(14)6-17)35(31,32)28-19-1-2-20(28)8-18(7-19)25-23(30)21-9-22(34-26-21)16-12-33-13-16/h9,14-20,24,29H,1-8,10-13H2,(H,25,30)/t14-,15+,17?,18?,19?,20?. The van der Waals surface area contributed by atoms with Gasteiger partial charge in [0.15, 0.2) is 5.69 Å². The normalized spacial score (nSPS) is 35.8. The second-order valence-corrected chi connectivity index (χ2v) is 12.7. The molecule has 1 aromatic rings. The van der Waals surface area contributed by atoms with Crippen molar-refractivity contribution in [2.75, 3.05) is 39.5 Å². The van der Waals surface area contributed by atoms with Crippen LogP contribution >= 0.6 is 0 Å².